The highest BCUT2D eigenvalue weighted by Gasteiger charge is 2.07. The number of hydrogen-bond donors (Lipinski definition) is 1. The van der Waals surface area contributed by atoms with Crippen LogP contribution in [0.15, 0.2) is 42.6 Å². The summed E-state index contributed by atoms with van der Waals surface area (Å²) in [7, 11) is 0. The second-order valence-corrected chi connectivity index (χ2v) is 4.63. The minimum Gasteiger partial charge on any atom is -0.305 e. The summed E-state index contributed by atoms with van der Waals surface area (Å²) in [5.41, 5.74) is 3.52. The number of halogens is 1. The summed E-state index contributed by atoms with van der Waals surface area (Å²) in [5, 5.41) is 3.42. The van der Waals surface area contributed by atoms with Gasteiger partial charge in [0.15, 0.2) is 0 Å². The van der Waals surface area contributed by atoms with Crippen LogP contribution in [-0.4, -0.2) is 4.98 Å². The molecule has 2 rings (SSSR count). The van der Waals surface area contributed by atoms with Gasteiger partial charge in [0.25, 0.3) is 0 Å². The van der Waals surface area contributed by atoms with Crippen LogP contribution < -0.4 is 5.32 Å². The van der Waals surface area contributed by atoms with E-state index in [9.17, 15) is 4.39 Å². The van der Waals surface area contributed by atoms with Gasteiger partial charge in [-0.3, -0.25) is 4.98 Å². The molecular weight excluding hydrogens is 239 g/mol. The van der Waals surface area contributed by atoms with Gasteiger partial charge < -0.3 is 5.32 Å². The van der Waals surface area contributed by atoms with Gasteiger partial charge >= 0.3 is 0 Å². The Morgan fingerprint density at radius 2 is 1.89 bits per heavy atom. The van der Waals surface area contributed by atoms with Gasteiger partial charge in [-0.15, -0.1) is 0 Å². The highest BCUT2D eigenvalue weighted by Crippen LogP contribution is 2.13. The minimum absolute atomic E-state index is 0.102. The summed E-state index contributed by atoms with van der Waals surface area (Å²) in [4.78, 5) is 4.10. The lowest BCUT2D eigenvalue weighted by Crippen LogP contribution is -2.19. The Labute approximate surface area is 113 Å². The summed E-state index contributed by atoms with van der Waals surface area (Å²) in [6, 6.07) is 11.7. The second-order valence-electron chi connectivity index (χ2n) is 4.63. The van der Waals surface area contributed by atoms with Crippen molar-refractivity contribution in [1.29, 1.82) is 0 Å². The molecule has 0 radical (unpaired) electrons. The molecule has 0 spiro atoms. The number of nitrogens with one attached hydrogen (secondary N) is 1. The molecule has 3 heteroatoms. The van der Waals surface area contributed by atoms with E-state index in [2.05, 4.69) is 41.5 Å². The third-order valence-corrected chi connectivity index (χ3v) is 3.29. The largest absolute Gasteiger partial charge is 0.305 e. The van der Waals surface area contributed by atoms with Crippen molar-refractivity contribution < 1.29 is 4.39 Å². The van der Waals surface area contributed by atoms with Crippen LogP contribution >= 0.6 is 0 Å². The second kappa shape index (κ2) is 6.43. The molecule has 1 atom stereocenters. The average Bonchev–Trinajstić information content (AvgIpc) is 2.45. The highest BCUT2D eigenvalue weighted by atomic mass is 19.1. The Morgan fingerprint density at radius 1 is 1.16 bits per heavy atom. The fourth-order valence-corrected chi connectivity index (χ4v) is 2.09. The molecule has 100 valence electrons. The first-order valence-electron chi connectivity index (χ1n) is 6.62. The van der Waals surface area contributed by atoms with Gasteiger partial charge in [0.05, 0.1) is 11.9 Å². The molecular formula is C16H19FN2. The Bertz CT molecular complexity index is 523. The van der Waals surface area contributed by atoms with Gasteiger partial charge in [-0.05, 0) is 36.6 Å². The quantitative estimate of drug-likeness (QED) is 0.885. The van der Waals surface area contributed by atoms with Crippen molar-refractivity contribution in [3.8, 4) is 0 Å². The van der Waals surface area contributed by atoms with E-state index < -0.39 is 0 Å². The lowest BCUT2D eigenvalue weighted by Gasteiger charge is -2.15. The first kappa shape index (κ1) is 13.7. The Morgan fingerprint density at radius 3 is 2.53 bits per heavy atom. The molecule has 2 aromatic rings. The Balaban J connectivity index is 2.00. The molecule has 0 fully saturated rings. The zero-order valence-electron chi connectivity index (χ0n) is 11.4. The smallest absolute Gasteiger partial charge is 0.141 e. The standard InChI is InChI=1S/C16H19FN2/c1-3-13-6-4-5-7-14(13)10-18-12(2)16-9-8-15(17)11-19-16/h4-9,11-12,18H,3,10H2,1-2H3. The van der Waals surface area contributed by atoms with Gasteiger partial charge in [-0.2, -0.15) is 0 Å². The molecule has 0 aliphatic heterocycles. The maximum absolute atomic E-state index is 12.8. The van der Waals surface area contributed by atoms with Crippen LogP contribution in [0.2, 0.25) is 0 Å². The normalized spacial score (nSPS) is 12.4. The molecule has 0 saturated carbocycles. The number of aromatic nitrogens is 1. The maximum atomic E-state index is 12.8. The van der Waals surface area contributed by atoms with Crippen molar-refractivity contribution in [3.05, 3.63) is 65.2 Å². The summed E-state index contributed by atoms with van der Waals surface area (Å²) < 4.78 is 12.8. The highest BCUT2D eigenvalue weighted by molar-refractivity contribution is 5.27. The average molecular weight is 258 g/mol. The van der Waals surface area contributed by atoms with Gasteiger partial charge in [0.2, 0.25) is 0 Å². The minimum atomic E-state index is -0.299. The van der Waals surface area contributed by atoms with E-state index in [0.717, 1.165) is 18.7 Å². The number of pyridine rings is 1. The summed E-state index contributed by atoms with van der Waals surface area (Å²) in [6.07, 6.45) is 2.29. The number of hydrogen-bond acceptors (Lipinski definition) is 2. The van der Waals surface area contributed by atoms with E-state index in [1.807, 2.05) is 6.92 Å². The Kier molecular flexibility index (Phi) is 4.63. The first-order valence-corrected chi connectivity index (χ1v) is 6.62. The van der Waals surface area contributed by atoms with Crippen LogP contribution in [0, 0.1) is 5.82 Å². The predicted octanol–water partition coefficient (Wildman–Crippen LogP) is 3.63. The van der Waals surface area contributed by atoms with Crippen LogP contribution in [0.25, 0.3) is 0 Å². The van der Waals surface area contributed by atoms with Crippen LogP contribution in [0.3, 0.4) is 0 Å². The zero-order chi connectivity index (χ0) is 13.7. The van der Waals surface area contributed by atoms with Crippen LogP contribution in [0.4, 0.5) is 4.39 Å². The molecule has 0 saturated heterocycles. The molecule has 19 heavy (non-hydrogen) atoms. The number of aryl methyl sites for hydroxylation is 1. The van der Waals surface area contributed by atoms with E-state index in [0.29, 0.717) is 0 Å². The van der Waals surface area contributed by atoms with Crippen molar-refractivity contribution in [2.24, 2.45) is 0 Å². The lowest BCUT2D eigenvalue weighted by atomic mass is 10.0. The summed E-state index contributed by atoms with van der Waals surface area (Å²) in [5.74, 6) is -0.299. The lowest BCUT2D eigenvalue weighted by molar-refractivity contribution is 0.553. The molecule has 0 bridgehead atoms. The van der Waals surface area contributed by atoms with Crippen LogP contribution in [0.1, 0.15) is 36.7 Å². The van der Waals surface area contributed by atoms with Gasteiger partial charge in [0, 0.05) is 12.6 Å². The van der Waals surface area contributed by atoms with E-state index in [1.165, 1.54) is 23.4 Å². The van der Waals surface area contributed by atoms with Crippen molar-refractivity contribution in [1.82, 2.24) is 10.3 Å². The monoisotopic (exact) mass is 258 g/mol. The topological polar surface area (TPSA) is 24.9 Å². The molecule has 1 aromatic heterocycles. The van der Waals surface area contributed by atoms with Gasteiger partial charge in [0.1, 0.15) is 5.82 Å². The van der Waals surface area contributed by atoms with E-state index in [4.69, 9.17) is 0 Å². The third-order valence-electron chi connectivity index (χ3n) is 3.29. The molecule has 0 aliphatic rings. The molecule has 2 nitrogen and oxygen atoms in total. The first-order chi connectivity index (χ1) is 9.20. The molecule has 1 aromatic carbocycles. The zero-order valence-corrected chi connectivity index (χ0v) is 11.4. The SMILES string of the molecule is CCc1ccccc1CNC(C)c1ccc(F)cn1. The molecule has 1 N–H and O–H groups in total. The third kappa shape index (κ3) is 3.61. The Hall–Kier alpha value is -1.74. The molecule has 0 amide bonds. The molecule has 0 aliphatic carbocycles. The number of nitrogens with zero attached hydrogens (tertiary/aromatic N) is 1. The van der Waals surface area contributed by atoms with Crippen LogP contribution in [0.5, 0.6) is 0 Å². The van der Waals surface area contributed by atoms with E-state index in [1.54, 1.807) is 6.07 Å². The van der Waals surface area contributed by atoms with Gasteiger partial charge in [-0.1, -0.05) is 31.2 Å². The summed E-state index contributed by atoms with van der Waals surface area (Å²) in [6.45, 7) is 4.99. The van der Waals surface area contributed by atoms with Crippen molar-refractivity contribution in [2.75, 3.05) is 0 Å². The summed E-state index contributed by atoms with van der Waals surface area (Å²) >= 11 is 0. The van der Waals surface area contributed by atoms with Crippen molar-refractivity contribution in [2.45, 2.75) is 32.9 Å². The number of rotatable bonds is 5. The fourth-order valence-electron chi connectivity index (χ4n) is 2.09. The van der Waals surface area contributed by atoms with Crippen molar-refractivity contribution >= 4 is 0 Å². The molecule has 1 unspecified atom stereocenters. The maximum Gasteiger partial charge on any atom is 0.141 e. The predicted molar refractivity (Wildman–Crippen MR) is 75.3 cm³/mol. The van der Waals surface area contributed by atoms with E-state index in [-0.39, 0.29) is 11.9 Å². The van der Waals surface area contributed by atoms with E-state index >= 15 is 0 Å². The molecule has 1 heterocycles. The van der Waals surface area contributed by atoms with Crippen molar-refractivity contribution in [3.63, 3.8) is 0 Å². The fraction of sp³-hybridized carbons (Fsp3) is 0.312. The number of benzene rings is 1. The van der Waals surface area contributed by atoms with Gasteiger partial charge in [-0.25, -0.2) is 4.39 Å². The van der Waals surface area contributed by atoms with Crippen LogP contribution in [-0.2, 0) is 13.0 Å².